The van der Waals surface area contributed by atoms with Gasteiger partial charge in [0.1, 0.15) is 0 Å². The van der Waals surface area contributed by atoms with Crippen LogP contribution in [0.15, 0.2) is 58.0 Å². The van der Waals surface area contributed by atoms with Gasteiger partial charge in [-0.25, -0.2) is 8.42 Å². The van der Waals surface area contributed by atoms with Gasteiger partial charge in [-0.2, -0.15) is 0 Å². The van der Waals surface area contributed by atoms with Crippen LogP contribution in [-0.2, 0) is 19.4 Å². The molecule has 1 aliphatic rings. The number of hydrogen-bond donors (Lipinski definition) is 0. The molecule has 0 N–H and O–H groups in total. The van der Waals surface area contributed by atoms with Crippen LogP contribution in [0.5, 0.6) is 0 Å². The summed E-state index contributed by atoms with van der Waals surface area (Å²) in [5.74, 6) is -0.558. The van der Waals surface area contributed by atoms with E-state index in [0.29, 0.717) is 31.7 Å². The number of amides is 1. The molecule has 1 amide bonds. The van der Waals surface area contributed by atoms with Crippen molar-refractivity contribution in [3.05, 3.63) is 54.5 Å². The molecular formula is C20H23NO6S. The minimum atomic E-state index is -3.37. The van der Waals surface area contributed by atoms with Gasteiger partial charge in [0, 0.05) is 13.1 Å². The van der Waals surface area contributed by atoms with E-state index in [1.54, 1.807) is 47.4 Å². The van der Waals surface area contributed by atoms with Gasteiger partial charge < -0.3 is 14.1 Å². The smallest absolute Gasteiger partial charge is 0.309 e. The maximum atomic E-state index is 12.2. The summed E-state index contributed by atoms with van der Waals surface area (Å²) < 4.78 is 34.8. The normalized spacial score (nSPS) is 15.4. The van der Waals surface area contributed by atoms with Crippen LogP contribution in [-0.4, -0.2) is 50.6 Å². The molecular weight excluding hydrogens is 382 g/mol. The highest BCUT2D eigenvalue weighted by molar-refractivity contribution is 7.91. The van der Waals surface area contributed by atoms with E-state index in [-0.39, 0.29) is 41.5 Å². The van der Waals surface area contributed by atoms with E-state index < -0.39 is 9.84 Å². The second kappa shape index (κ2) is 9.05. The molecule has 0 bridgehead atoms. The molecule has 1 aliphatic heterocycles. The maximum Gasteiger partial charge on any atom is 0.309 e. The topological polar surface area (TPSA) is 93.9 Å². The first-order valence-electron chi connectivity index (χ1n) is 9.24. The van der Waals surface area contributed by atoms with Crippen LogP contribution in [0, 0.1) is 5.92 Å². The van der Waals surface area contributed by atoms with E-state index in [4.69, 9.17) is 9.15 Å². The molecule has 7 nitrogen and oxygen atoms in total. The fourth-order valence-corrected chi connectivity index (χ4v) is 4.47. The molecule has 28 heavy (non-hydrogen) atoms. The zero-order valence-corrected chi connectivity index (χ0v) is 16.3. The lowest BCUT2D eigenvalue weighted by atomic mass is 9.97. The summed E-state index contributed by atoms with van der Waals surface area (Å²) in [6.45, 7) is 0.986. The lowest BCUT2D eigenvalue weighted by molar-refractivity contribution is -0.150. The van der Waals surface area contributed by atoms with Crippen molar-refractivity contribution < 1.29 is 27.2 Å². The number of piperidine rings is 1. The number of esters is 1. The maximum absolute atomic E-state index is 12.2. The standard InChI is InChI=1S/C20H23NO6S/c22-19(18-8-4-13-26-18)21-11-9-16(10-12-21)20(23)27-14-5-15-28(24,25)17-6-2-1-3-7-17/h1-4,6-8,13,16H,5,9-12,14-15H2. The number of likely N-dealkylation sites (tertiary alicyclic amines) is 1. The number of furan rings is 1. The number of ether oxygens (including phenoxy) is 1. The average molecular weight is 405 g/mol. The second-order valence-corrected chi connectivity index (χ2v) is 8.81. The predicted molar refractivity (Wildman–Crippen MR) is 101 cm³/mol. The summed E-state index contributed by atoms with van der Waals surface area (Å²) in [5, 5.41) is 0. The highest BCUT2D eigenvalue weighted by atomic mass is 32.2. The van der Waals surface area contributed by atoms with Gasteiger partial charge in [0.15, 0.2) is 15.6 Å². The molecule has 0 saturated carbocycles. The first-order chi connectivity index (χ1) is 13.5. The predicted octanol–water partition coefficient (Wildman–Crippen LogP) is 2.54. The first kappa shape index (κ1) is 20.1. The Kier molecular flexibility index (Phi) is 6.51. The van der Waals surface area contributed by atoms with Gasteiger partial charge in [-0.15, -0.1) is 0 Å². The number of sulfone groups is 1. The van der Waals surface area contributed by atoms with Gasteiger partial charge >= 0.3 is 5.97 Å². The zero-order valence-electron chi connectivity index (χ0n) is 15.5. The molecule has 0 unspecified atom stereocenters. The highest BCUT2D eigenvalue weighted by Gasteiger charge is 2.29. The third kappa shape index (κ3) is 5.01. The van der Waals surface area contributed by atoms with Crippen LogP contribution < -0.4 is 0 Å². The summed E-state index contributed by atoms with van der Waals surface area (Å²) in [7, 11) is -3.37. The van der Waals surface area contributed by atoms with E-state index in [1.807, 2.05) is 0 Å². The third-order valence-corrected chi connectivity index (χ3v) is 6.57. The number of carbonyl (C=O) groups is 2. The number of nitrogens with zero attached hydrogens (tertiary/aromatic N) is 1. The van der Waals surface area contributed by atoms with Crippen LogP contribution in [0.1, 0.15) is 29.8 Å². The summed E-state index contributed by atoms with van der Waals surface area (Å²) in [4.78, 5) is 26.4. The largest absolute Gasteiger partial charge is 0.465 e. The molecule has 1 aromatic carbocycles. The SMILES string of the molecule is O=C(OCCCS(=O)(=O)c1ccccc1)C1CCN(C(=O)c2ccco2)CC1. The molecule has 0 atom stereocenters. The minimum Gasteiger partial charge on any atom is -0.465 e. The van der Waals surface area contributed by atoms with Crippen LogP contribution in [0.3, 0.4) is 0 Å². The Bertz CT molecular complexity index is 884. The van der Waals surface area contributed by atoms with Crippen LogP contribution in [0.4, 0.5) is 0 Å². The number of carbonyl (C=O) groups excluding carboxylic acids is 2. The Labute approximate surface area is 164 Å². The number of rotatable bonds is 7. The second-order valence-electron chi connectivity index (χ2n) is 6.70. The Hall–Kier alpha value is -2.61. The van der Waals surface area contributed by atoms with Gasteiger partial charge in [0.05, 0.1) is 29.4 Å². The highest BCUT2D eigenvalue weighted by Crippen LogP contribution is 2.21. The van der Waals surface area contributed by atoms with Gasteiger partial charge in [-0.05, 0) is 43.5 Å². The molecule has 1 saturated heterocycles. The van der Waals surface area contributed by atoms with Crippen molar-refractivity contribution in [1.82, 2.24) is 4.90 Å². The Balaban J connectivity index is 1.39. The van der Waals surface area contributed by atoms with E-state index in [1.165, 1.54) is 6.26 Å². The molecule has 3 rings (SSSR count). The summed E-state index contributed by atoms with van der Waals surface area (Å²) in [5.41, 5.74) is 0. The molecule has 0 spiro atoms. The van der Waals surface area contributed by atoms with Gasteiger partial charge in [-0.3, -0.25) is 9.59 Å². The van der Waals surface area contributed by atoms with Crippen LogP contribution in [0.25, 0.3) is 0 Å². The molecule has 0 radical (unpaired) electrons. The molecule has 1 fully saturated rings. The summed E-state index contributed by atoms with van der Waals surface area (Å²) in [6, 6.07) is 11.5. The molecule has 2 aromatic rings. The molecule has 1 aromatic heterocycles. The van der Waals surface area contributed by atoms with Crippen molar-refractivity contribution >= 4 is 21.7 Å². The minimum absolute atomic E-state index is 0.0659. The van der Waals surface area contributed by atoms with Gasteiger partial charge in [-0.1, -0.05) is 18.2 Å². The van der Waals surface area contributed by atoms with Crippen molar-refractivity contribution in [2.75, 3.05) is 25.4 Å². The van der Waals surface area contributed by atoms with E-state index in [9.17, 15) is 18.0 Å². The zero-order chi connectivity index (χ0) is 20.0. The monoisotopic (exact) mass is 405 g/mol. The fraction of sp³-hybridized carbons (Fsp3) is 0.400. The fourth-order valence-electron chi connectivity index (χ4n) is 3.16. The quantitative estimate of drug-likeness (QED) is 0.519. The molecule has 2 heterocycles. The van der Waals surface area contributed by atoms with E-state index in [2.05, 4.69) is 0 Å². The van der Waals surface area contributed by atoms with Crippen molar-refractivity contribution in [2.24, 2.45) is 5.92 Å². The Morgan fingerprint density at radius 1 is 1.07 bits per heavy atom. The van der Waals surface area contributed by atoms with Gasteiger partial charge in [0.2, 0.25) is 0 Å². The lowest BCUT2D eigenvalue weighted by Gasteiger charge is -2.30. The number of hydrogen-bond acceptors (Lipinski definition) is 6. The summed E-state index contributed by atoms with van der Waals surface area (Å²) in [6.07, 6.45) is 2.75. The van der Waals surface area contributed by atoms with Crippen molar-refractivity contribution in [1.29, 1.82) is 0 Å². The molecule has 0 aliphatic carbocycles. The van der Waals surface area contributed by atoms with Crippen molar-refractivity contribution in [2.45, 2.75) is 24.2 Å². The Morgan fingerprint density at radius 3 is 2.43 bits per heavy atom. The van der Waals surface area contributed by atoms with Crippen LogP contribution >= 0.6 is 0 Å². The van der Waals surface area contributed by atoms with Crippen LogP contribution in [0.2, 0.25) is 0 Å². The summed E-state index contributed by atoms with van der Waals surface area (Å²) >= 11 is 0. The lowest BCUT2D eigenvalue weighted by Crippen LogP contribution is -2.40. The Morgan fingerprint density at radius 2 is 1.79 bits per heavy atom. The van der Waals surface area contributed by atoms with E-state index >= 15 is 0 Å². The molecule has 150 valence electrons. The molecule has 8 heteroatoms. The van der Waals surface area contributed by atoms with E-state index in [0.717, 1.165) is 0 Å². The number of benzene rings is 1. The average Bonchev–Trinajstić information content (AvgIpc) is 3.26. The van der Waals surface area contributed by atoms with Crippen molar-refractivity contribution in [3.8, 4) is 0 Å². The van der Waals surface area contributed by atoms with Gasteiger partial charge in [0.25, 0.3) is 5.91 Å². The third-order valence-electron chi connectivity index (χ3n) is 4.75. The first-order valence-corrected chi connectivity index (χ1v) is 10.9. The van der Waals surface area contributed by atoms with Crippen molar-refractivity contribution in [3.63, 3.8) is 0 Å².